The molecular formula is C13H13ClF3NO. The fourth-order valence-electron chi connectivity index (χ4n) is 2.11. The van der Waals surface area contributed by atoms with Gasteiger partial charge in [-0.05, 0) is 30.5 Å². The lowest BCUT2D eigenvalue weighted by molar-refractivity contribution is -0.138. The molecule has 0 saturated carbocycles. The molecule has 0 aliphatic carbocycles. The summed E-state index contributed by atoms with van der Waals surface area (Å²) in [5.41, 5.74) is -0.599. The maximum absolute atomic E-state index is 12.6. The molecule has 2 rings (SSSR count). The summed E-state index contributed by atoms with van der Waals surface area (Å²) in [6.45, 7) is 1.25. The van der Waals surface area contributed by atoms with Crippen molar-refractivity contribution in [2.24, 2.45) is 0 Å². The van der Waals surface area contributed by atoms with Crippen LogP contribution in [0.2, 0.25) is 0 Å². The quantitative estimate of drug-likeness (QED) is 0.762. The molecule has 0 N–H and O–H groups in total. The predicted molar refractivity (Wildman–Crippen MR) is 65.9 cm³/mol. The van der Waals surface area contributed by atoms with E-state index in [-0.39, 0.29) is 11.5 Å². The second-order valence-electron chi connectivity index (χ2n) is 4.52. The summed E-state index contributed by atoms with van der Waals surface area (Å²) in [5, 5.41) is -1.06. The van der Waals surface area contributed by atoms with Crippen LogP contribution in [0.1, 0.15) is 29.3 Å². The average Bonchev–Trinajstić information content (AvgIpc) is 2.90. The van der Waals surface area contributed by atoms with Gasteiger partial charge in [-0.2, -0.15) is 13.2 Å². The highest BCUT2D eigenvalue weighted by Crippen LogP contribution is 2.32. The van der Waals surface area contributed by atoms with Crippen LogP contribution < -0.4 is 0 Å². The highest BCUT2D eigenvalue weighted by molar-refractivity contribution is 6.30. The summed E-state index contributed by atoms with van der Waals surface area (Å²) in [5.74, 6) is -0.321. The van der Waals surface area contributed by atoms with Crippen LogP contribution in [-0.2, 0) is 11.0 Å². The molecule has 1 saturated heterocycles. The lowest BCUT2D eigenvalue weighted by Gasteiger charge is -2.19. The van der Waals surface area contributed by atoms with Gasteiger partial charge in [0.15, 0.2) is 0 Å². The third kappa shape index (κ3) is 3.21. The van der Waals surface area contributed by atoms with E-state index in [1.165, 1.54) is 12.1 Å². The molecule has 2 nitrogen and oxygen atoms in total. The molecule has 1 aromatic carbocycles. The molecule has 1 fully saturated rings. The fraction of sp³-hybridized carbons (Fsp3) is 0.462. The van der Waals surface area contributed by atoms with Crippen LogP contribution >= 0.6 is 11.6 Å². The summed E-state index contributed by atoms with van der Waals surface area (Å²) in [6, 6.07) is 4.62. The number of hydrogen-bond acceptors (Lipinski definition) is 1. The van der Waals surface area contributed by atoms with E-state index in [0.29, 0.717) is 13.1 Å². The third-order valence-electron chi connectivity index (χ3n) is 3.14. The number of likely N-dealkylation sites (tertiary alicyclic amines) is 1. The number of rotatable bonds is 2. The van der Waals surface area contributed by atoms with E-state index in [2.05, 4.69) is 0 Å². The van der Waals surface area contributed by atoms with Crippen LogP contribution in [-0.4, -0.2) is 23.9 Å². The zero-order chi connectivity index (χ0) is 14.0. The Morgan fingerprint density at radius 1 is 1.26 bits per heavy atom. The number of benzene rings is 1. The minimum absolute atomic E-state index is 0.188. The van der Waals surface area contributed by atoms with Crippen LogP contribution in [0.5, 0.6) is 0 Å². The van der Waals surface area contributed by atoms with E-state index in [1.807, 2.05) is 0 Å². The van der Waals surface area contributed by atoms with Gasteiger partial charge in [-0.3, -0.25) is 4.79 Å². The van der Waals surface area contributed by atoms with Gasteiger partial charge in [-0.15, -0.1) is 11.6 Å². The minimum atomic E-state index is -4.43. The number of carbonyl (C=O) groups excluding carboxylic acids is 1. The maximum Gasteiger partial charge on any atom is 0.416 e. The number of nitrogens with zero attached hydrogens (tertiary/aromatic N) is 1. The second-order valence-corrected chi connectivity index (χ2v) is 4.95. The molecule has 1 aliphatic rings. The summed E-state index contributed by atoms with van der Waals surface area (Å²) in [6.07, 6.45) is -2.60. The Hall–Kier alpha value is -1.23. The van der Waals surface area contributed by atoms with Crippen molar-refractivity contribution in [3.05, 3.63) is 35.4 Å². The molecule has 1 unspecified atom stereocenters. The van der Waals surface area contributed by atoms with Gasteiger partial charge in [0.1, 0.15) is 5.38 Å². The third-order valence-corrected chi connectivity index (χ3v) is 3.58. The van der Waals surface area contributed by atoms with Gasteiger partial charge in [0.25, 0.3) is 0 Å². The first-order valence-corrected chi connectivity index (χ1v) is 6.43. The zero-order valence-electron chi connectivity index (χ0n) is 10.1. The predicted octanol–water partition coefficient (Wildman–Crippen LogP) is 3.61. The largest absolute Gasteiger partial charge is 0.416 e. The summed E-state index contributed by atoms with van der Waals surface area (Å²) >= 11 is 6.00. The van der Waals surface area contributed by atoms with Crippen molar-refractivity contribution in [3.8, 4) is 0 Å². The average molecular weight is 292 g/mol. The molecule has 0 bridgehead atoms. The first kappa shape index (κ1) is 14.2. The van der Waals surface area contributed by atoms with Gasteiger partial charge < -0.3 is 4.90 Å². The second kappa shape index (κ2) is 5.41. The zero-order valence-corrected chi connectivity index (χ0v) is 10.8. The SMILES string of the molecule is O=C(C(Cl)c1cccc(C(F)(F)F)c1)N1CCCC1. The summed E-state index contributed by atoms with van der Waals surface area (Å²) in [4.78, 5) is 13.6. The van der Waals surface area contributed by atoms with Gasteiger partial charge in [-0.25, -0.2) is 0 Å². The minimum Gasteiger partial charge on any atom is -0.341 e. The Morgan fingerprint density at radius 2 is 1.89 bits per heavy atom. The molecule has 1 heterocycles. The smallest absolute Gasteiger partial charge is 0.341 e. The molecule has 1 amide bonds. The lowest BCUT2D eigenvalue weighted by Crippen LogP contribution is -2.30. The Bertz CT molecular complexity index is 469. The maximum atomic E-state index is 12.6. The van der Waals surface area contributed by atoms with Gasteiger partial charge in [-0.1, -0.05) is 12.1 Å². The first-order chi connectivity index (χ1) is 8.89. The molecule has 0 spiro atoms. The number of halogens is 4. The lowest BCUT2D eigenvalue weighted by atomic mass is 10.1. The standard InChI is InChI=1S/C13H13ClF3NO/c14-11(12(19)18-6-1-2-7-18)9-4-3-5-10(8-9)13(15,16)17/h3-5,8,11H,1-2,6-7H2. The van der Waals surface area contributed by atoms with E-state index >= 15 is 0 Å². The molecule has 1 aromatic rings. The molecule has 1 atom stereocenters. The van der Waals surface area contributed by atoms with Gasteiger partial charge >= 0.3 is 6.18 Å². The van der Waals surface area contributed by atoms with Gasteiger partial charge in [0.2, 0.25) is 5.91 Å². The van der Waals surface area contributed by atoms with Crippen molar-refractivity contribution in [3.63, 3.8) is 0 Å². The highest BCUT2D eigenvalue weighted by atomic mass is 35.5. The van der Waals surface area contributed by atoms with E-state index in [9.17, 15) is 18.0 Å². The van der Waals surface area contributed by atoms with Crippen molar-refractivity contribution < 1.29 is 18.0 Å². The van der Waals surface area contributed by atoms with Crippen molar-refractivity contribution >= 4 is 17.5 Å². The highest BCUT2D eigenvalue weighted by Gasteiger charge is 2.32. The van der Waals surface area contributed by atoms with Crippen molar-refractivity contribution in [2.75, 3.05) is 13.1 Å². The van der Waals surface area contributed by atoms with Crippen LogP contribution in [0.4, 0.5) is 13.2 Å². The van der Waals surface area contributed by atoms with E-state index in [4.69, 9.17) is 11.6 Å². The van der Waals surface area contributed by atoms with Crippen molar-refractivity contribution in [2.45, 2.75) is 24.4 Å². The molecular weight excluding hydrogens is 279 g/mol. The first-order valence-electron chi connectivity index (χ1n) is 5.99. The van der Waals surface area contributed by atoms with Gasteiger partial charge in [0, 0.05) is 13.1 Å². The molecule has 0 radical (unpaired) electrons. The molecule has 1 aliphatic heterocycles. The van der Waals surface area contributed by atoms with Crippen LogP contribution in [0.25, 0.3) is 0 Å². The monoisotopic (exact) mass is 291 g/mol. The van der Waals surface area contributed by atoms with Gasteiger partial charge in [0.05, 0.1) is 5.56 Å². The Morgan fingerprint density at radius 3 is 2.47 bits per heavy atom. The van der Waals surface area contributed by atoms with Crippen molar-refractivity contribution in [1.29, 1.82) is 0 Å². The number of hydrogen-bond donors (Lipinski definition) is 0. The van der Waals surface area contributed by atoms with E-state index in [0.717, 1.165) is 25.0 Å². The van der Waals surface area contributed by atoms with E-state index < -0.39 is 17.1 Å². The number of carbonyl (C=O) groups is 1. The molecule has 6 heteroatoms. The molecule has 0 aromatic heterocycles. The number of amides is 1. The Kier molecular flexibility index (Phi) is 4.04. The fourth-order valence-corrected chi connectivity index (χ4v) is 2.39. The van der Waals surface area contributed by atoms with E-state index in [1.54, 1.807) is 4.90 Å². The summed E-state index contributed by atoms with van der Waals surface area (Å²) < 4.78 is 37.8. The van der Waals surface area contributed by atoms with Crippen molar-refractivity contribution in [1.82, 2.24) is 4.90 Å². The van der Waals surface area contributed by atoms with Crippen LogP contribution in [0.3, 0.4) is 0 Å². The molecule has 104 valence electrons. The molecule has 19 heavy (non-hydrogen) atoms. The normalized spacial score (nSPS) is 17.6. The Balaban J connectivity index is 2.19. The Labute approximate surface area is 114 Å². The van der Waals surface area contributed by atoms with Crippen LogP contribution in [0, 0.1) is 0 Å². The topological polar surface area (TPSA) is 20.3 Å². The summed E-state index contributed by atoms with van der Waals surface area (Å²) in [7, 11) is 0. The van der Waals surface area contributed by atoms with Crippen LogP contribution in [0.15, 0.2) is 24.3 Å². The number of alkyl halides is 4.